The second-order valence-corrected chi connectivity index (χ2v) is 4.19. The average molecular weight is 229 g/mol. The Kier molecular flexibility index (Phi) is 2.28. The minimum absolute atomic E-state index is 0.226. The lowest BCUT2D eigenvalue weighted by Gasteiger charge is -2.08. The fraction of sp³-hybridized carbons (Fsp3) is 0.231. The van der Waals surface area contributed by atoms with Crippen LogP contribution in [0.15, 0.2) is 24.3 Å². The molecule has 0 fully saturated rings. The summed E-state index contributed by atoms with van der Waals surface area (Å²) in [6, 6.07) is 6.65. The van der Waals surface area contributed by atoms with Crippen molar-refractivity contribution < 1.29 is 4.39 Å². The molecule has 0 saturated carbocycles. The number of nitrogen functional groups attached to an aromatic ring is 1. The highest BCUT2D eigenvalue weighted by Crippen LogP contribution is 2.31. The summed E-state index contributed by atoms with van der Waals surface area (Å²) in [6.07, 6.45) is 2.84. The number of anilines is 1. The van der Waals surface area contributed by atoms with Gasteiger partial charge in [0.15, 0.2) is 0 Å². The Bertz CT molecular complexity index is 581. The summed E-state index contributed by atoms with van der Waals surface area (Å²) < 4.78 is 13.8. The molecule has 0 amide bonds. The van der Waals surface area contributed by atoms with E-state index in [0.29, 0.717) is 11.3 Å². The van der Waals surface area contributed by atoms with Gasteiger partial charge in [-0.25, -0.2) is 14.4 Å². The number of halogens is 1. The Labute approximate surface area is 98.5 Å². The number of nitrogens with zero attached hydrogens (tertiary/aromatic N) is 2. The maximum Gasteiger partial charge on any atom is 0.220 e. The first kappa shape index (κ1) is 10.2. The van der Waals surface area contributed by atoms with E-state index < -0.39 is 0 Å². The highest BCUT2D eigenvalue weighted by Gasteiger charge is 2.20. The van der Waals surface area contributed by atoms with Gasteiger partial charge in [-0.3, -0.25) is 0 Å². The number of benzene rings is 1. The lowest BCUT2D eigenvalue weighted by atomic mass is 10.0. The van der Waals surface area contributed by atoms with E-state index in [1.165, 1.54) is 6.07 Å². The molecular weight excluding hydrogens is 217 g/mol. The minimum atomic E-state index is -0.264. The number of hydrogen-bond acceptors (Lipinski definition) is 3. The quantitative estimate of drug-likeness (QED) is 0.816. The largest absolute Gasteiger partial charge is 0.368 e. The minimum Gasteiger partial charge on any atom is -0.368 e. The molecule has 2 N–H and O–H groups in total. The third-order valence-electron chi connectivity index (χ3n) is 3.08. The summed E-state index contributed by atoms with van der Waals surface area (Å²) in [6.45, 7) is 0. The smallest absolute Gasteiger partial charge is 0.220 e. The molecule has 0 radical (unpaired) electrons. The van der Waals surface area contributed by atoms with Gasteiger partial charge in [0.1, 0.15) is 5.82 Å². The maximum atomic E-state index is 13.8. The van der Waals surface area contributed by atoms with Crippen molar-refractivity contribution in [3.8, 4) is 11.3 Å². The molecule has 1 aromatic heterocycles. The lowest BCUT2D eigenvalue weighted by Crippen LogP contribution is -2.03. The van der Waals surface area contributed by atoms with E-state index in [4.69, 9.17) is 5.73 Å². The van der Waals surface area contributed by atoms with Crippen LogP contribution in [-0.4, -0.2) is 9.97 Å². The van der Waals surface area contributed by atoms with Crippen molar-refractivity contribution in [2.24, 2.45) is 0 Å². The summed E-state index contributed by atoms with van der Waals surface area (Å²) in [5.41, 5.74) is 8.86. The summed E-state index contributed by atoms with van der Waals surface area (Å²) in [5, 5.41) is 0. The fourth-order valence-corrected chi connectivity index (χ4v) is 2.33. The van der Waals surface area contributed by atoms with Crippen molar-refractivity contribution in [1.29, 1.82) is 0 Å². The van der Waals surface area contributed by atoms with E-state index in [2.05, 4.69) is 9.97 Å². The Balaban J connectivity index is 2.25. The zero-order chi connectivity index (χ0) is 11.8. The molecule has 17 heavy (non-hydrogen) atoms. The third kappa shape index (κ3) is 1.65. The zero-order valence-corrected chi connectivity index (χ0v) is 9.28. The van der Waals surface area contributed by atoms with E-state index in [1.807, 2.05) is 0 Å². The van der Waals surface area contributed by atoms with Crippen molar-refractivity contribution in [1.82, 2.24) is 9.97 Å². The van der Waals surface area contributed by atoms with Gasteiger partial charge in [-0.2, -0.15) is 0 Å². The van der Waals surface area contributed by atoms with Gasteiger partial charge in [0.05, 0.1) is 5.69 Å². The van der Waals surface area contributed by atoms with Crippen molar-refractivity contribution in [2.45, 2.75) is 19.3 Å². The van der Waals surface area contributed by atoms with Crippen molar-refractivity contribution in [2.75, 3.05) is 5.73 Å². The topological polar surface area (TPSA) is 51.8 Å². The van der Waals surface area contributed by atoms with Gasteiger partial charge in [-0.1, -0.05) is 12.1 Å². The molecule has 0 aliphatic heterocycles. The molecule has 0 saturated heterocycles. The molecular formula is C13H12FN3. The van der Waals surface area contributed by atoms with Crippen LogP contribution >= 0.6 is 0 Å². The maximum absolute atomic E-state index is 13.8. The highest BCUT2D eigenvalue weighted by molar-refractivity contribution is 5.66. The van der Waals surface area contributed by atoms with Gasteiger partial charge in [-0.05, 0) is 31.4 Å². The SMILES string of the molecule is Nc1nc2c(c(-c3ccccc3F)n1)CCC2. The molecule has 2 aromatic rings. The predicted molar refractivity (Wildman–Crippen MR) is 63.9 cm³/mol. The molecule has 1 heterocycles. The molecule has 1 aromatic carbocycles. The molecule has 0 bridgehead atoms. The summed E-state index contributed by atoms with van der Waals surface area (Å²) in [5.74, 6) is -0.0383. The van der Waals surface area contributed by atoms with Crippen LogP contribution in [0.1, 0.15) is 17.7 Å². The summed E-state index contributed by atoms with van der Waals surface area (Å²) in [4.78, 5) is 8.42. The first-order valence-electron chi connectivity index (χ1n) is 5.66. The molecule has 4 heteroatoms. The van der Waals surface area contributed by atoms with Gasteiger partial charge in [0, 0.05) is 16.8 Å². The second-order valence-electron chi connectivity index (χ2n) is 4.19. The Morgan fingerprint density at radius 1 is 1.12 bits per heavy atom. The molecule has 3 nitrogen and oxygen atoms in total. The first-order chi connectivity index (χ1) is 8.25. The molecule has 1 aliphatic rings. The fourth-order valence-electron chi connectivity index (χ4n) is 2.33. The van der Waals surface area contributed by atoms with Gasteiger partial charge in [0.25, 0.3) is 0 Å². The van der Waals surface area contributed by atoms with Gasteiger partial charge in [0.2, 0.25) is 5.95 Å². The standard InChI is InChI=1S/C13H12FN3/c14-10-6-2-1-4-8(10)12-9-5-3-7-11(9)16-13(15)17-12/h1-2,4,6H,3,5,7H2,(H2,15,16,17). The predicted octanol–water partition coefficient (Wildman–Crippen LogP) is 2.35. The lowest BCUT2D eigenvalue weighted by molar-refractivity contribution is 0.630. The average Bonchev–Trinajstić information content (AvgIpc) is 2.76. The second kappa shape index (κ2) is 3.80. The monoisotopic (exact) mass is 229 g/mol. The number of hydrogen-bond donors (Lipinski definition) is 1. The van der Waals surface area contributed by atoms with Crippen LogP contribution in [0, 0.1) is 5.82 Å². The molecule has 0 spiro atoms. The number of nitrogens with two attached hydrogens (primary N) is 1. The van der Waals surface area contributed by atoms with Crippen LogP contribution < -0.4 is 5.73 Å². The van der Waals surface area contributed by atoms with Crippen LogP contribution in [0.3, 0.4) is 0 Å². The van der Waals surface area contributed by atoms with Crippen molar-refractivity contribution in [3.63, 3.8) is 0 Å². The highest BCUT2D eigenvalue weighted by atomic mass is 19.1. The number of fused-ring (bicyclic) bond motifs is 1. The molecule has 3 rings (SSSR count). The number of rotatable bonds is 1. The molecule has 1 aliphatic carbocycles. The van der Waals surface area contributed by atoms with Crippen molar-refractivity contribution >= 4 is 5.95 Å². The van der Waals surface area contributed by atoms with Gasteiger partial charge >= 0.3 is 0 Å². The third-order valence-corrected chi connectivity index (χ3v) is 3.08. The Morgan fingerprint density at radius 3 is 2.76 bits per heavy atom. The number of aryl methyl sites for hydroxylation is 1. The van der Waals surface area contributed by atoms with Crippen LogP contribution in [-0.2, 0) is 12.8 Å². The van der Waals surface area contributed by atoms with Gasteiger partial charge in [-0.15, -0.1) is 0 Å². The first-order valence-corrected chi connectivity index (χ1v) is 5.66. The van der Waals surface area contributed by atoms with Crippen LogP contribution in [0.5, 0.6) is 0 Å². The van der Waals surface area contributed by atoms with E-state index in [1.54, 1.807) is 18.2 Å². The Morgan fingerprint density at radius 2 is 1.94 bits per heavy atom. The van der Waals surface area contributed by atoms with Crippen molar-refractivity contribution in [3.05, 3.63) is 41.3 Å². The van der Waals surface area contributed by atoms with E-state index >= 15 is 0 Å². The normalized spacial score (nSPS) is 13.7. The zero-order valence-electron chi connectivity index (χ0n) is 9.28. The molecule has 0 atom stereocenters. The molecule has 86 valence electrons. The van der Waals surface area contributed by atoms with Crippen LogP contribution in [0.4, 0.5) is 10.3 Å². The van der Waals surface area contributed by atoms with Crippen LogP contribution in [0.2, 0.25) is 0 Å². The number of aromatic nitrogens is 2. The van der Waals surface area contributed by atoms with E-state index in [-0.39, 0.29) is 11.8 Å². The Hall–Kier alpha value is -1.97. The summed E-state index contributed by atoms with van der Waals surface area (Å²) in [7, 11) is 0. The van der Waals surface area contributed by atoms with E-state index in [9.17, 15) is 4.39 Å². The molecule has 0 unspecified atom stereocenters. The van der Waals surface area contributed by atoms with E-state index in [0.717, 1.165) is 30.5 Å². The van der Waals surface area contributed by atoms with Crippen LogP contribution in [0.25, 0.3) is 11.3 Å². The van der Waals surface area contributed by atoms with Gasteiger partial charge < -0.3 is 5.73 Å². The summed E-state index contributed by atoms with van der Waals surface area (Å²) >= 11 is 0.